The van der Waals surface area contributed by atoms with E-state index in [1.54, 1.807) is 12.1 Å². The molecule has 0 aliphatic rings. The van der Waals surface area contributed by atoms with E-state index in [0.717, 1.165) is 6.20 Å². The van der Waals surface area contributed by atoms with E-state index in [0.29, 0.717) is 0 Å². The van der Waals surface area contributed by atoms with E-state index in [9.17, 15) is 32.3 Å². The first-order valence-corrected chi connectivity index (χ1v) is 9.25. The van der Waals surface area contributed by atoms with Crippen LogP contribution in [0.1, 0.15) is 34.6 Å². The zero-order chi connectivity index (χ0) is 23.9. The van der Waals surface area contributed by atoms with Crippen LogP contribution in [0.5, 0.6) is 0 Å². The number of ketones is 2. The second kappa shape index (κ2) is 10.4. The highest BCUT2D eigenvalue weighted by Gasteiger charge is 2.36. The maximum absolute atomic E-state index is 12.5. The Bertz CT molecular complexity index is 1060. The summed E-state index contributed by atoms with van der Waals surface area (Å²) in [6, 6.07) is 12.0. The topological polar surface area (TPSA) is 102 Å². The molecular formula is C22H19F3N2O5. The van der Waals surface area contributed by atoms with Gasteiger partial charge in [0.05, 0.1) is 16.9 Å². The minimum atomic E-state index is -5.01. The van der Waals surface area contributed by atoms with Crippen molar-refractivity contribution in [3.05, 3.63) is 71.9 Å². The summed E-state index contributed by atoms with van der Waals surface area (Å²) in [4.78, 5) is 47.5. The molecule has 1 unspecified atom stereocenters. The SMILES string of the molecule is CC(=O)c1ccccc1NC(=O)C(C)OC(=O)c1ccccc1NC=CC(=O)C(F)(F)F. The number of para-hydroxylation sites is 2. The maximum atomic E-state index is 12.5. The third kappa shape index (κ3) is 6.53. The van der Waals surface area contributed by atoms with Gasteiger partial charge < -0.3 is 15.4 Å². The molecule has 7 nitrogen and oxygen atoms in total. The first-order valence-electron chi connectivity index (χ1n) is 9.25. The average Bonchev–Trinajstić information content (AvgIpc) is 2.73. The largest absolute Gasteiger partial charge is 0.454 e. The van der Waals surface area contributed by atoms with Crippen molar-refractivity contribution in [3.8, 4) is 0 Å². The van der Waals surface area contributed by atoms with Gasteiger partial charge in [0.25, 0.3) is 11.7 Å². The van der Waals surface area contributed by atoms with Gasteiger partial charge >= 0.3 is 12.1 Å². The Morgan fingerprint density at radius 2 is 1.50 bits per heavy atom. The van der Waals surface area contributed by atoms with Crippen LogP contribution in [-0.2, 0) is 14.3 Å². The van der Waals surface area contributed by atoms with Crippen molar-refractivity contribution in [1.82, 2.24) is 0 Å². The van der Waals surface area contributed by atoms with Crippen LogP contribution in [0.15, 0.2) is 60.8 Å². The summed E-state index contributed by atoms with van der Waals surface area (Å²) in [7, 11) is 0. The van der Waals surface area contributed by atoms with Crippen LogP contribution in [-0.4, -0.2) is 35.7 Å². The fourth-order valence-corrected chi connectivity index (χ4v) is 2.50. The van der Waals surface area contributed by atoms with Gasteiger partial charge in [-0.1, -0.05) is 24.3 Å². The number of carbonyl (C=O) groups excluding carboxylic acids is 4. The van der Waals surface area contributed by atoms with E-state index in [1.807, 2.05) is 0 Å². The van der Waals surface area contributed by atoms with Crippen molar-refractivity contribution in [3.63, 3.8) is 0 Å². The van der Waals surface area contributed by atoms with Gasteiger partial charge in [-0.2, -0.15) is 13.2 Å². The highest BCUT2D eigenvalue weighted by Crippen LogP contribution is 2.20. The maximum Gasteiger partial charge on any atom is 0.454 e. The molecular weight excluding hydrogens is 429 g/mol. The summed E-state index contributed by atoms with van der Waals surface area (Å²) < 4.78 is 41.9. The smallest absolute Gasteiger partial charge is 0.449 e. The molecule has 2 N–H and O–H groups in total. The van der Waals surface area contributed by atoms with E-state index >= 15 is 0 Å². The zero-order valence-corrected chi connectivity index (χ0v) is 17.0. The zero-order valence-electron chi connectivity index (χ0n) is 17.0. The molecule has 0 aromatic heterocycles. The molecule has 0 saturated heterocycles. The van der Waals surface area contributed by atoms with Crippen LogP contribution in [0, 0.1) is 0 Å². The molecule has 0 saturated carbocycles. The van der Waals surface area contributed by atoms with Crippen LogP contribution in [0.25, 0.3) is 0 Å². The Morgan fingerprint density at radius 1 is 0.938 bits per heavy atom. The van der Waals surface area contributed by atoms with E-state index in [-0.39, 0.29) is 34.4 Å². The first-order chi connectivity index (χ1) is 15.0. The number of hydrogen-bond acceptors (Lipinski definition) is 6. The van der Waals surface area contributed by atoms with E-state index in [1.165, 1.54) is 50.2 Å². The number of halogens is 3. The molecule has 10 heteroatoms. The predicted octanol–water partition coefficient (Wildman–Crippen LogP) is 4.13. The number of anilines is 2. The van der Waals surface area contributed by atoms with E-state index in [4.69, 9.17) is 4.74 Å². The fourth-order valence-electron chi connectivity index (χ4n) is 2.50. The molecule has 32 heavy (non-hydrogen) atoms. The summed E-state index contributed by atoms with van der Waals surface area (Å²) in [5.41, 5.74) is 0.544. The van der Waals surface area contributed by atoms with Gasteiger partial charge in [-0.3, -0.25) is 14.4 Å². The quantitative estimate of drug-likeness (QED) is 0.358. The van der Waals surface area contributed by atoms with Gasteiger partial charge in [0.15, 0.2) is 11.9 Å². The molecule has 168 valence electrons. The molecule has 0 aliphatic heterocycles. The molecule has 1 atom stereocenters. The number of rotatable bonds is 8. The summed E-state index contributed by atoms with van der Waals surface area (Å²) in [5, 5.41) is 4.94. The lowest BCUT2D eigenvalue weighted by atomic mass is 10.1. The third-order valence-electron chi connectivity index (χ3n) is 4.12. The molecule has 0 bridgehead atoms. The molecule has 2 aromatic rings. The average molecular weight is 448 g/mol. The highest BCUT2D eigenvalue weighted by atomic mass is 19.4. The van der Waals surface area contributed by atoms with Gasteiger partial charge in [-0.05, 0) is 38.1 Å². The van der Waals surface area contributed by atoms with Gasteiger partial charge in [0.2, 0.25) is 0 Å². The number of ether oxygens (including phenoxy) is 1. The Morgan fingerprint density at radius 3 is 2.09 bits per heavy atom. The van der Waals surface area contributed by atoms with Gasteiger partial charge in [0, 0.05) is 17.8 Å². The standard InChI is InChI=1S/C22H19F3N2O5/c1-13(28)15-7-3-6-10-18(15)27-20(30)14(2)32-21(31)16-8-4-5-9-17(16)26-12-11-19(29)22(23,24)25/h3-12,14,26H,1-2H3,(H,27,30). The van der Waals surface area contributed by atoms with Crippen LogP contribution in [0.3, 0.4) is 0 Å². The van der Waals surface area contributed by atoms with Crippen molar-refractivity contribution in [1.29, 1.82) is 0 Å². The number of nitrogens with one attached hydrogen (secondary N) is 2. The number of benzene rings is 2. The van der Waals surface area contributed by atoms with Crippen molar-refractivity contribution in [2.75, 3.05) is 10.6 Å². The number of alkyl halides is 3. The lowest BCUT2D eigenvalue weighted by Crippen LogP contribution is -2.30. The van der Waals surface area contributed by atoms with Crippen LogP contribution >= 0.6 is 0 Å². The summed E-state index contributed by atoms with van der Waals surface area (Å²) >= 11 is 0. The molecule has 0 aliphatic carbocycles. The van der Waals surface area contributed by atoms with Gasteiger partial charge in [-0.25, -0.2) is 4.79 Å². The Hall–Kier alpha value is -3.95. The molecule has 0 spiro atoms. The molecule has 2 aromatic carbocycles. The van der Waals surface area contributed by atoms with Crippen LogP contribution in [0.2, 0.25) is 0 Å². The lowest BCUT2D eigenvalue weighted by Gasteiger charge is -2.16. The lowest BCUT2D eigenvalue weighted by molar-refractivity contribution is -0.165. The van der Waals surface area contributed by atoms with Crippen molar-refractivity contribution < 1.29 is 37.1 Å². The normalized spacial score (nSPS) is 12.2. The number of allylic oxidation sites excluding steroid dienone is 1. The Labute approximate surface area is 181 Å². The van der Waals surface area contributed by atoms with Crippen molar-refractivity contribution in [2.24, 2.45) is 0 Å². The van der Waals surface area contributed by atoms with E-state index < -0.39 is 29.9 Å². The van der Waals surface area contributed by atoms with Crippen LogP contribution in [0.4, 0.5) is 24.5 Å². The number of hydrogen-bond donors (Lipinski definition) is 2. The summed E-state index contributed by atoms with van der Waals surface area (Å²) in [5.74, 6) is -3.94. The first kappa shape index (κ1) is 24.3. The van der Waals surface area contributed by atoms with Crippen molar-refractivity contribution in [2.45, 2.75) is 26.1 Å². The molecule has 0 radical (unpaired) electrons. The number of esters is 1. The number of Topliss-reactive ketones (excluding diaryl/α,β-unsaturated/α-hetero) is 1. The second-order valence-electron chi connectivity index (χ2n) is 6.52. The third-order valence-corrected chi connectivity index (χ3v) is 4.12. The van der Waals surface area contributed by atoms with Crippen molar-refractivity contribution >= 4 is 34.8 Å². The molecule has 0 heterocycles. The monoisotopic (exact) mass is 448 g/mol. The minimum absolute atomic E-state index is 0.0678. The molecule has 2 rings (SSSR count). The predicted molar refractivity (Wildman–Crippen MR) is 110 cm³/mol. The number of amides is 1. The summed E-state index contributed by atoms with van der Waals surface area (Å²) in [6.45, 7) is 2.66. The second-order valence-corrected chi connectivity index (χ2v) is 6.52. The number of carbonyl (C=O) groups is 4. The van der Waals surface area contributed by atoms with Gasteiger partial charge in [0.1, 0.15) is 0 Å². The Balaban J connectivity index is 2.08. The highest BCUT2D eigenvalue weighted by molar-refractivity contribution is 6.05. The minimum Gasteiger partial charge on any atom is -0.449 e. The summed E-state index contributed by atoms with van der Waals surface area (Å²) in [6.07, 6.45) is -5.24. The van der Waals surface area contributed by atoms with E-state index in [2.05, 4.69) is 10.6 Å². The Kier molecular flexibility index (Phi) is 7.89. The fraction of sp³-hybridized carbons (Fsp3) is 0.182. The molecule has 1 amide bonds. The molecule has 0 fully saturated rings. The van der Waals surface area contributed by atoms with Crippen LogP contribution < -0.4 is 10.6 Å². The van der Waals surface area contributed by atoms with Gasteiger partial charge in [-0.15, -0.1) is 0 Å².